The van der Waals surface area contributed by atoms with Gasteiger partial charge in [-0.2, -0.15) is 0 Å². The fourth-order valence-electron chi connectivity index (χ4n) is 2.42. The number of nitrogens with zero attached hydrogens (tertiary/aromatic N) is 1. The maximum Gasteiger partial charge on any atom is 0.117 e. The normalized spacial score (nSPS) is 21.3. The molecule has 1 aromatic heterocycles. The molecular formula is C14H24N2O. The fourth-order valence-corrected chi connectivity index (χ4v) is 2.42. The summed E-state index contributed by atoms with van der Waals surface area (Å²) in [6.07, 6.45) is 5.76. The van der Waals surface area contributed by atoms with Crippen LogP contribution in [0.15, 0.2) is 22.8 Å². The molecule has 1 N–H and O–H groups in total. The predicted molar refractivity (Wildman–Crippen MR) is 69.9 cm³/mol. The molecule has 96 valence electrons. The van der Waals surface area contributed by atoms with E-state index in [0.29, 0.717) is 12.1 Å². The van der Waals surface area contributed by atoms with Crippen molar-refractivity contribution in [1.29, 1.82) is 0 Å². The van der Waals surface area contributed by atoms with Crippen molar-refractivity contribution < 1.29 is 4.42 Å². The number of nitrogens with one attached hydrogen (secondary N) is 1. The van der Waals surface area contributed by atoms with E-state index in [0.717, 1.165) is 18.8 Å². The number of furan rings is 1. The molecule has 17 heavy (non-hydrogen) atoms. The van der Waals surface area contributed by atoms with E-state index >= 15 is 0 Å². The molecule has 3 nitrogen and oxygen atoms in total. The zero-order valence-electron chi connectivity index (χ0n) is 11.0. The van der Waals surface area contributed by atoms with Gasteiger partial charge in [-0.3, -0.25) is 4.90 Å². The third-order valence-corrected chi connectivity index (χ3v) is 3.54. The lowest BCUT2D eigenvalue weighted by atomic mass is 10.0. The van der Waals surface area contributed by atoms with Crippen molar-refractivity contribution >= 4 is 0 Å². The first-order valence-corrected chi connectivity index (χ1v) is 6.75. The Morgan fingerprint density at radius 1 is 1.47 bits per heavy atom. The van der Waals surface area contributed by atoms with Crippen molar-refractivity contribution in [1.82, 2.24) is 10.2 Å². The molecule has 1 aromatic rings. The average Bonchev–Trinajstić information content (AvgIpc) is 2.82. The molecule has 2 heterocycles. The first kappa shape index (κ1) is 12.7. The summed E-state index contributed by atoms with van der Waals surface area (Å²) in [5.41, 5.74) is 0. The van der Waals surface area contributed by atoms with Crippen LogP contribution in [-0.2, 0) is 6.54 Å². The number of hydrogen-bond acceptors (Lipinski definition) is 3. The number of piperidine rings is 1. The molecule has 0 radical (unpaired) electrons. The Hall–Kier alpha value is -0.800. The molecule has 1 aliphatic heterocycles. The van der Waals surface area contributed by atoms with Gasteiger partial charge in [-0.25, -0.2) is 0 Å². The summed E-state index contributed by atoms with van der Waals surface area (Å²) in [5.74, 6) is 1.06. The average molecular weight is 236 g/mol. The molecule has 1 fully saturated rings. The lowest BCUT2D eigenvalue weighted by Crippen LogP contribution is -2.45. The highest BCUT2D eigenvalue weighted by Crippen LogP contribution is 2.13. The van der Waals surface area contributed by atoms with Crippen molar-refractivity contribution in [3.8, 4) is 0 Å². The van der Waals surface area contributed by atoms with E-state index in [2.05, 4.69) is 30.1 Å². The Kier molecular flexibility index (Phi) is 4.63. The maximum atomic E-state index is 5.44. The third-order valence-electron chi connectivity index (χ3n) is 3.54. The van der Waals surface area contributed by atoms with Crippen LogP contribution in [0, 0.1) is 0 Å². The summed E-state index contributed by atoms with van der Waals surface area (Å²) in [7, 11) is 0. The fraction of sp³-hybridized carbons (Fsp3) is 0.714. The minimum Gasteiger partial charge on any atom is -0.468 e. The predicted octanol–water partition coefficient (Wildman–Crippen LogP) is 2.63. The molecule has 1 atom stereocenters. The Bertz CT molecular complexity index is 302. The van der Waals surface area contributed by atoms with Crippen molar-refractivity contribution in [3.63, 3.8) is 0 Å². The van der Waals surface area contributed by atoms with Crippen molar-refractivity contribution in [2.45, 2.75) is 51.7 Å². The zero-order chi connectivity index (χ0) is 12.1. The molecule has 1 aliphatic rings. The monoisotopic (exact) mass is 236 g/mol. The molecule has 0 saturated carbocycles. The van der Waals surface area contributed by atoms with Gasteiger partial charge in [-0.05, 0) is 45.4 Å². The second-order valence-electron chi connectivity index (χ2n) is 5.25. The molecule has 0 amide bonds. The minimum atomic E-state index is 0.559. The van der Waals surface area contributed by atoms with E-state index in [1.807, 2.05) is 6.07 Å². The van der Waals surface area contributed by atoms with E-state index in [-0.39, 0.29) is 0 Å². The molecular weight excluding hydrogens is 212 g/mol. The highest BCUT2D eigenvalue weighted by Gasteiger charge is 2.19. The lowest BCUT2D eigenvalue weighted by Gasteiger charge is -2.32. The molecule has 2 rings (SSSR count). The SMILES string of the molecule is CC(C)N(Cc1ccco1)CC1CCCCN1. The van der Waals surface area contributed by atoms with Crippen molar-refractivity contribution in [2.75, 3.05) is 13.1 Å². The van der Waals surface area contributed by atoms with Crippen LogP contribution in [0.5, 0.6) is 0 Å². The van der Waals surface area contributed by atoms with Crippen LogP contribution in [0.2, 0.25) is 0 Å². The van der Waals surface area contributed by atoms with Crippen molar-refractivity contribution in [2.24, 2.45) is 0 Å². The van der Waals surface area contributed by atoms with Crippen LogP contribution in [-0.4, -0.2) is 30.1 Å². The van der Waals surface area contributed by atoms with Crippen LogP contribution < -0.4 is 5.32 Å². The zero-order valence-corrected chi connectivity index (χ0v) is 11.0. The highest BCUT2D eigenvalue weighted by molar-refractivity contribution is 4.98. The van der Waals surface area contributed by atoms with Crippen LogP contribution >= 0.6 is 0 Å². The summed E-state index contributed by atoms with van der Waals surface area (Å²) >= 11 is 0. The Balaban J connectivity index is 1.87. The standard InChI is InChI=1S/C14H24N2O/c1-12(2)16(11-14-7-5-9-17-14)10-13-6-3-4-8-15-13/h5,7,9,12-13,15H,3-4,6,8,10-11H2,1-2H3. The lowest BCUT2D eigenvalue weighted by molar-refractivity contribution is 0.165. The third kappa shape index (κ3) is 3.86. The Morgan fingerprint density at radius 3 is 2.94 bits per heavy atom. The summed E-state index contributed by atoms with van der Waals surface area (Å²) in [5, 5.41) is 3.61. The van der Waals surface area contributed by atoms with Crippen LogP contribution in [0.3, 0.4) is 0 Å². The molecule has 1 unspecified atom stereocenters. The summed E-state index contributed by atoms with van der Waals surface area (Å²) in [6, 6.07) is 5.24. The molecule has 3 heteroatoms. The first-order chi connectivity index (χ1) is 8.25. The van der Waals surface area contributed by atoms with Crippen molar-refractivity contribution in [3.05, 3.63) is 24.2 Å². The van der Waals surface area contributed by atoms with Crippen LogP contribution in [0.25, 0.3) is 0 Å². The van der Waals surface area contributed by atoms with E-state index in [4.69, 9.17) is 4.42 Å². The molecule has 0 aliphatic carbocycles. The molecule has 0 spiro atoms. The second kappa shape index (κ2) is 6.22. The van der Waals surface area contributed by atoms with Gasteiger partial charge in [0.25, 0.3) is 0 Å². The van der Waals surface area contributed by atoms with Crippen LogP contribution in [0.1, 0.15) is 38.9 Å². The van der Waals surface area contributed by atoms with Gasteiger partial charge in [-0.1, -0.05) is 6.42 Å². The van der Waals surface area contributed by atoms with Gasteiger partial charge in [0.2, 0.25) is 0 Å². The summed E-state index contributed by atoms with van der Waals surface area (Å²) in [6.45, 7) is 7.73. The quantitative estimate of drug-likeness (QED) is 0.852. The molecule has 0 aromatic carbocycles. The van der Waals surface area contributed by atoms with Crippen LogP contribution in [0.4, 0.5) is 0 Å². The second-order valence-corrected chi connectivity index (χ2v) is 5.25. The summed E-state index contributed by atoms with van der Waals surface area (Å²) in [4.78, 5) is 2.49. The van der Waals surface area contributed by atoms with E-state index < -0.39 is 0 Å². The van der Waals surface area contributed by atoms with Gasteiger partial charge < -0.3 is 9.73 Å². The van der Waals surface area contributed by atoms with Gasteiger partial charge in [0.05, 0.1) is 12.8 Å². The topological polar surface area (TPSA) is 28.4 Å². The van der Waals surface area contributed by atoms with E-state index in [1.165, 1.54) is 25.8 Å². The van der Waals surface area contributed by atoms with Gasteiger partial charge in [0, 0.05) is 18.6 Å². The number of hydrogen-bond donors (Lipinski definition) is 1. The minimum absolute atomic E-state index is 0.559. The van der Waals surface area contributed by atoms with Gasteiger partial charge in [0.15, 0.2) is 0 Å². The van der Waals surface area contributed by atoms with Gasteiger partial charge in [-0.15, -0.1) is 0 Å². The van der Waals surface area contributed by atoms with Gasteiger partial charge in [0.1, 0.15) is 5.76 Å². The summed E-state index contributed by atoms with van der Waals surface area (Å²) < 4.78 is 5.44. The van der Waals surface area contributed by atoms with E-state index in [1.54, 1.807) is 6.26 Å². The maximum absolute atomic E-state index is 5.44. The Morgan fingerprint density at radius 2 is 2.35 bits per heavy atom. The smallest absolute Gasteiger partial charge is 0.117 e. The first-order valence-electron chi connectivity index (χ1n) is 6.75. The Labute approximate surface area is 104 Å². The number of rotatable bonds is 5. The van der Waals surface area contributed by atoms with E-state index in [9.17, 15) is 0 Å². The van der Waals surface area contributed by atoms with Gasteiger partial charge >= 0.3 is 0 Å². The highest BCUT2D eigenvalue weighted by atomic mass is 16.3. The largest absolute Gasteiger partial charge is 0.468 e. The molecule has 1 saturated heterocycles. The molecule has 0 bridgehead atoms.